The number of hydrogen-bond acceptors (Lipinski definition) is 3. The van der Waals surface area contributed by atoms with Crippen molar-refractivity contribution in [1.29, 1.82) is 0 Å². The van der Waals surface area contributed by atoms with Crippen molar-refractivity contribution in [3.05, 3.63) is 88.9 Å². The SMILES string of the molecule is Cc1cc2cccc(-c3sc4c(-c5cc(C(C)(C)C)c6ccccc6c5)nccc4c3C)c2s1. The maximum atomic E-state index is 4.93. The van der Waals surface area contributed by atoms with Gasteiger partial charge in [-0.15, -0.1) is 22.7 Å². The Morgan fingerprint density at radius 3 is 2.35 bits per heavy atom. The first-order chi connectivity index (χ1) is 16.3. The lowest BCUT2D eigenvalue weighted by Gasteiger charge is -2.22. The predicted molar refractivity (Wildman–Crippen MR) is 152 cm³/mol. The fourth-order valence-corrected chi connectivity index (χ4v) is 7.49. The van der Waals surface area contributed by atoms with E-state index in [0.29, 0.717) is 0 Å². The molecule has 0 amide bonds. The number of aryl methyl sites for hydroxylation is 2. The molecule has 0 saturated heterocycles. The van der Waals surface area contributed by atoms with Gasteiger partial charge in [-0.3, -0.25) is 4.98 Å². The average Bonchev–Trinajstić information content (AvgIpc) is 3.36. The van der Waals surface area contributed by atoms with E-state index in [2.05, 4.69) is 101 Å². The zero-order valence-corrected chi connectivity index (χ0v) is 21.8. The van der Waals surface area contributed by atoms with Crippen LogP contribution in [0.3, 0.4) is 0 Å². The molecule has 0 aliphatic rings. The van der Waals surface area contributed by atoms with Crippen LogP contribution in [0.2, 0.25) is 0 Å². The highest BCUT2D eigenvalue weighted by atomic mass is 32.1. The zero-order valence-electron chi connectivity index (χ0n) is 20.2. The second kappa shape index (κ2) is 7.76. The standard InChI is InChI=1S/C31H27NS2/c1-18-15-21-10-8-12-25(29(21)33-18)28-19(2)23-13-14-32-27(30(23)34-28)22-16-20-9-6-7-11-24(20)26(17-22)31(3,4)5/h6-17H,1-5H3. The molecule has 0 aliphatic carbocycles. The molecule has 0 spiro atoms. The van der Waals surface area contributed by atoms with Crippen LogP contribution in [0.25, 0.3) is 52.6 Å². The monoisotopic (exact) mass is 477 g/mol. The molecule has 1 nitrogen and oxygen atoms in total. The molecule has 3 aromatic carbocycles. The summed E-state index contributed by atoms with van der Waals surface area (Å²) < 4.78 is 2.65. The van der Waals surface area contributed by atoms with Gasteiger partial charge in [0.15, 0.2) is 0 Å². The van der Waals surface area contributed by atoms with E-state index in [1.54, 1.807) is 0 Å². The van der Waals surface area contributed by atoms with Crippen LogP contribution in [0, 0.1) is 13.8 Å². The summed E-state index contributed by atoms with van der Waals surface area (Å²) in [4.78, 5) is 7.65. The summed E-state index contributed by atoms with van der Waals surface area (Å²) in [5.74, 6) is 0. The number of aromatic nitrogens is 1. The largest absolute Gasteiger partial charge is 0.255 e. The number of rotatable bonds is 2. The number of hydrogen-bond donors (Lipinski definition) is 0. The van der Waals surface area contributed by atoms with Crippen molar-refractivity contribution in [3.8, 4) is 21.7 Å². The Morgan fingerprint density at radius 1 is 0.735 bits per heavy atom. The minimum atomic E-state index is 0.0483. The Morgan fingerprint density at radius 2 is 1.53 bits per heavy atom. The van der Waals surface area contributed by atoms with Gasteiger partial charge >= 0.3 is 0 Å². The fourth-order valence-electron chi connectivity index (χ4n) is 5.05. The first-order valence-electron chi connectivity index (χ1n) is 11.7. The van der Waals surface area contributed by atoms with Crippen molar-refractivity contribution in [3.63, 3.8) is 0 Å². The minimum absolute atomic E-state index is 0.0483. The molecule has 0 unspecified atom stereocenters. The van der Waals surface area contributed by atoms with Gasteiger partial charge in [-0.2, -0.15) is 0 Å². The van der Waals surface area contributed by atoms with Crippen molar-refractivity contribution < 1.29 is 0 Å². The fraction of sp³-hybridized carbons (Fsp3) is 0.194. The van der Waals surface area contributed by atoms with Gasteiger partial charge in [-0.05, 0) is 76.2 Å². The molecule has 3 heteroatoms. The van der Waals surface area contributed by atoms with Crippen LogP contribution >= 0.6 is 22.7 Å². The van der Waals surface area contributed by atoms with Crippen LogP contribution in [0.1, 0.15) is 36.8 Å². The third-order valence-corrected chi connectivity index (χ3v) is 9.16. The molecule has 0 radical (unpaired) electrons. The first-order valence-corrected chi connectivity index (χ1v) is 13.4. The van der Waals surface area contributed by atoms with Gasteiger partial charge in [-0.1, -0.05) is 63.2 Å². The van der Waals surface area contributed by atoms with Crippen molar-refractivity contribution >= 4 is 53.6 Å². The van der Waals surface area contributed by atoms with Crippen molar-refractivity contribution in [1.82, 2.24) is 4.98 Å². The lowest BCUT2D eigenvalue weighted by Crippen LogP contribution is -2.12. The van der Waals surface area contributed by atoms with Crippen molar-refractivity contribution in [2.24, 2.45) is 0 Å². The third-order valence-electron chi connectivity index (χ3n) is 6.71. The second-order valence-corrected chi connectivity index (χ2v) is 12.4. The number of thiophene rings is 2. The smallest absolute Gasteiger partial charge is 0.0880 e. The quantitative estimate of drug-likeness (QED) is 0.242. The Labute approximate surface area is 208 Å². The predicted octanol–water partition coefficient (Wildman–Crippen LogP) is 9.91. The highest BCUT2D eigenvalue weighted by Gasteiger charge is 2.21. The maximum absolute atomic E-state index is 4.93. The van der Waals surface area contributed by atoms with Gasteiger partial charge in [0, 0.05) is 31.8 Å². The van der Waals surface area contributed by atoms with Crippen molar-refractivity contribution in [2.75, 3.05) is 0 Å². The molecule has 0 saturated carbocycles. The summed E-state index contributed by atoms with van der Waals surface area (Å²) in [6, 6.07) is 24.6. The molecular formula is C31H27NS2. The summed E-state index contributed by atoms with van der Waals surface area (Å²) in [7, 11) is 0. The van der Waals surface area contributed by atoms with Gasteiger partial charge in [0.05, 0.1) is 10.4 Å². The van der Waals surface area contributed by atoms with Crippen LogP contribution in [0.15, 0.2) is 72.9 Å². The Balaban J connectivity index is 1.63. The molecule has 34 heavy (non-hydrogen) atoms. The van der Waals surface area contributed by atoms with Gasteiger partial charge in [0.2, 0.25) is 0 Å². The molecule has 0 bridgehead atoms. The van der Waals surface area contributed by atoms with E-state index in [-0.39, 0.29) is 5.41 Å². The molecule has 3 aromatic heterocycles. The molecule has 0 aliphatic heterocycles. The molecule has 0 fully saturated rings. The van der Waals surface area contributed by atoms with Crippen molar-refractivity contribution in [2.45, 2.75) is 40.0 Å². The highest BCUT2D eigenvalue weighted by Crippen LogP contribution is 2.46. The molecule has 3 heterocycles. The van der Waals surface area contributed by atoms with E-state index >= 15 is 0 Å². The van der Waals surface area contributed by atoms with Gasteiger partial charge < -0.3 is 0 Å². The molecule has 6 aromatic rings. The van der Waals surface area contributed by atoms with Crippen LogP contribution in [0.5, 0.6) is 0 Å². The molecular weight excluding hydrogens is 450 g/mol. The summed E-state index contributed by atoms with van der Waals surface area (Å²) >= 11 is 3.78. The van der Waals surface area contributed by atoms with Gasteiger partial charge in [0.1, 0.15) is 0 Å². The zero-order chi connectivity index (χ0) is 23.6. The second-order valence-electron chi connectivity index (χ2n) is 10.2. The molecule has 0 N–H and O–H groups in total. The molecule has 6 rings (SSSR count). The third kappa shape index (κ3) is 3.38. The number of fused-ring (bicyclic) bond motifs is 3. The van der Waals surface area contributed by atoms with Gasteiger partial charge in [0.25, 0.3) is 0 Å². The minimum Gasteiger partial charge on any atom is -0.255 e. The molecule has 0 atom stereocenters. The van der Waals surface area contributed by atoms with E-state index in [4.69, 9.17) is 4.98 Å². The van der Waals surface area contributed by atoms with Crippen LogP contribution in [0.4, 0.5) is 0 Å². The van der Waals surface area contributed by atoms with Crippen LogP contribution in [-0.4, -0.2) is 4.98 Å². The first kappa shape index (κ1) is 21.5. The summed E-state index contributed by atoms with van der Waals surface area (Å²) in [5.41, 5.74) is 6.39. The van der Waals surface area contributed by atoms with E-state index in [1.807, 2.05) is 28.9 Å². The van der Waals surface area contributed by atoms with Gasteiger partial charge in [-0.25, -0.2) is 0 Å². The van der Waals surface area contributed by atoms with Crippen LogP contribution in [-0.2, 0) is 5.41 Å². The topological polar surface area (TPSA) is 12.9 Å². The number of pyridine rings is 1. The Kier molecular flexibility index (Phi) is 4.91. The highest BCUT2D eigenvalue weighted by molar-refractivity contribution is 7.24. The molecule has 168 valence electrons. The number of nitrogens with zero attached hydrogens (tertiary/aromatic N) is 1. The average molecular weight is 478 g/mol. The lowest BCUT2D eigenvalue weighted by molar-refractivity contribution is 0.596. The van der Waals surface area contributed by atoms with E-state index in [1.165, 1.54) is 63.0 Å². The summed E-state index contributed by atoms with van der Waals surface area (Å²) in [6.45, 7) is 11.3. The van der Waals surface area contributed by atoms with Crippen LogP contribution < -0.4 is 0 Å². The summed E-state index contributed by atoms with van der Waals surface area (Å²) in [5, 5.41) is 5.24. The number of benzene rings is 3. The van der Waals surface area contributed by atoms with E-state index < -0.39 is 0 Å². The maximum Gasteiger partial charge on any atom is 0.0880 e. The summed E-state index contributed by atoms with van der Waals surface area (Å²) in [6.07, 6.45) is 1.98. The normalized spacial score (nSPS) is 12.3. The Hall–Kier alpha value is -3.01. The Bertz CT molecular complexity index is 1710. The lowest BCUT2D eigenvalue weighted by atomic mass is 9.82. The van der Waals surface area contributed by atoms with E-state index in [0.717, 1.165) is 5.69 Å². The van der Waals surface area contributed by atoms with E-state index in [9.17, 15) is 0 Å².